The molecule has 3 aromatic rings. The van der Waals surface area contributed by atoms with Crippen LogP contribution in [0.2, 0.25) is 5.15 Å². The molecule has 182 valence electrons. The molecule has 0 spiro atoms. The summed E-state index contributed by atoms with van der Waals surface area (Å²) in [4.78, 5) is 14.6. The molecule has 1 fully saturated rings. The second-order valence-electron chi connectivity index (χ2n) is 9.02. The Bertz CT molecular complexity index is 1230. The summed E-state index contributed by atoms with van der Waals surface area (Å²) in [6, 6.07) is 2.30. The lowest BCUT2D eigenvalue weighted by atomic mass is 9.97. The van der Waals surface area contributed by atoms with Crippen LogP contribution in [0.4, 0.5) is 13.2 Å². The van der Waals surface area contributed by atoms with Crippen molar-refractivity contribution in [3.05, 3.63) is 52.2 Å². The number of nitrogens with zero attached hydrogens (tertiary/aromatic N) is 6. The van der Waals surface area contributed by atoms with Gasteiger partial charge in [-0.2, -0.15) is 18.3 Å². The average molecular weight is 495 g/mol. The number of halogens is 4. The van der Waals surface area contributed by atoms with Gasteiger partial charge in [-0.3, -0.25) is 13.9 Å². The van der Waals surface area contributed by atoms with E-state index in [4.69, 9.17) is 11.6 Å². The first-order valence-electron chi connectivity index (χ1n) is 11.2. The van der Waals surface area contributed by atoms with Crippen LogP contribution in [0.25, 0.3) is 11.7 Å². The Hall–Kier alpha value is -2.88. The Labute approximate surface area is 200 Å². The molecule has 0 aromatic carbocycles. The highest BCUT2D eigenvalue weighted by molar-refractivity contribution is 6.31. The molecule has 0 N–H and O–H groups in total. The number of pyridine rings is 1. The van der Waals surface area contributed by atoms with Crippen LogP contribution in [-0.4, -0.2) is 48.3 Å². The smallest absolute Gasteiger partial charge is 0.338 e. The second kappa shape index (κ2) is 9.40. The zero-order valence-corrected chi connectivity index (χ0v) is 19.9. The maximum absolute atomic E-state index is 13.2. The van der Waals surface area contributed by atoms with Crippen LogP contribution >= 0.6 is 11.6 Å². The summed E-state index contributed by atoms with van der Waals surface area (Å²) in [5.41, 5.74) is 1.02. The van der Waals surface area contributed by atoms with Gasteiger partial charge in [-0.25, -0.2) is 0 Å². The van der Waals surface area contributed by atoms with Crippen molar-refractivity contribution in [1.29, 1.82) is 0 Å². The Morgan fingerprint density at radius 2 is 2.06 bits per heavy atom. The molecule has 1 atom stereocenters. The fourth-order valence-electron chi connectivity index (χ4n) is 4.23. The fourth-order valence-corrected chi connectivity index (χ4v) is 4.53. The van der Waals surface area contributed by atoms with Crippen molar-refractivity contribution in [1.82, 2.24) is 29.3 Å². The lowest BCUT2D eigenvalue weighted by molar-refractivity contribution is -0.137. The molecule has 1 amide bonds. The number of aryl methyl sites for hydroxylation is 1. The maximum Gasteiger partial charge on any atom is 0.417 e. The molecule has 0 saturated carbocycles. The van der Waals surface area contributed by atoms with Gasteiger partial charge >= 0.3 is 6.18 Å². The standard InChI is InChI=1S/C23H26ClF3N6O/c1-14(2)11-33-21(24)18(15(3)30-33)7-9-20(34)31-10-4-5-16(12-31)22-29-28-19-8-6-17(13-32(19)22)23(25,26)27/h6-9,13-14,16H,4-5,10-12H2,1-3H3/b9-7+. The zero-order chi connectivity index (χ0) is 24.6. The van der Waals surface area contributed by atoms with Crippen molar-refractivity contribution in [2.75, 3.05) is 13.1 Å². The van der Waals surface area contributed by atoms with Crippen molar-refractivity contribution < 1.29 is 18.0 Å². The Morgan fingerprint density at radius 1 is 1.29 bits per heavy atom. The molecule has 1 unspecified atom stereocenters. The number of hydrogen-bond donors (Lipinski definition) is 0. The third kappa shape index (κ3) is 4.96. The van der Waals surface area contributed by atoms with Crippen LogP contribution < -0.4 is 0 Å². The topological polar surface area (TPSA) is 68.3 Å². The molecule has 0 radical (unpaired) electrons. The molecule has 34 heavy (non-hydrogen) atoms. The van der Waals surface area contributed by atoms with Crippen molar-refractivity contribution >= 4 is 29.2 Å². The molecule has 4 heterocycles. The molecule has 0 aliphatic carbocycles. The van der Waals surface area contributed by atoms with Gasteiger partial charge in [0.25, 0.3) is 0 Å². The average Bonchev–Trinajstić information content (AvgIpc) is 3.31. The molecule has 1 aliphatic rings. The van der Waals surface area contributed by atoms with E-state index in [2.05, 4.69) is 29.1 Å². The van der Waals surface area contributed by atoms with E-state index >= 15 is 0 Å². The number of carbonyl (C=O) groups excluding carboxylic acids is 1. The van der Waals surface area contributed by atoms with Crippen LogP contribution in [0.3, 0.4) is 0 Å². The largest absolute Gasteiger partial charge is 0.417 e. The van der Waals surface area contributed by atoms with Gasteiger partial charge in [0.2, 0.25) is 5.91 Å². The first kappa shape index (κ1) is 24.3. The predicted octanol–water partition coefficient (Wildman–Crippen LogP) is 4.98. The summed E-state index contributed by atoms with van der Waals surface area (Å²) in [5.74, 6) is 0.391. The minimum absolute atomic E-state index is 0.193. The Kier molecular flexibility index (Phi) is 6.71. The number of amides is 1. The Morgan fingerprint density at radius 3 is 2.76 bits per heavy atom. The molecule has 1 saturated heterocycles. The van der Waals surface area contributed by atoms with Gasteiger partial charge in [-0.15, -0.1) is 10.2 Å². The van der Waals surface area contributed by atoms with E-state index in [1.807, 2.05) is 6.92 Å². The molecule has 11 heteroatoms. The van der Waals surface area contributed by atoms with Gasteiger partial charge in [0.05, 0.1) is 11.3 Å². The molecular formula is C23H26ClF3N6O. The number of piperidine rings is 1. The fraction of sp³-hybridized carbons (Fsp3) is 0.478. The third-order valence-corrected chi connectivity index (χ3v) is 6.29. The maximum atomic E-state index is 13.2. The quantitative estimate of drug-likeness (QED) is 0.469. The molecule has 4 rings (SSSR count). The van der Waals surface area contributed by atoms with Gasteiger partial charge in [0.15, 0.2) is 5.65 Å². The first-order valence-corrected chi connectivity index (χ1v) is 11.5. The molecule has 3 aromatic heterocycles. The number of fused-ring (bicyclic) bond motifs is 1. The molecule has 0 bridgehead atoms. The van der Waals surface area contributed by atoms with Crippen LogP contribution in [-0.2, 0) is 17.5 Å². The lowest BCUT2D eigenvalue weighted by Crippen LogP contribution is -2.38. The zero-order valence-electron chi connectivity index (χ0n) is 19.2. The van der Waals surface area contributed by atoms with Gasteiger partial charge in [-0.05, 0) is 43.9 Å². The minimum atomic E-state index is -4.46. The molecular weight excluding hydrogens is 469 g/mol. The van der Waals surface area contributed by atoms with E-state index < -0.39 is 11.7 Å². The van der Waals surface area contributed by atoms with E-state index in [1.165, 1.54) is 16.5 Å². The molecule has 1 aliphatic heterocycles. The van der Waals surface area contributed by atoms with E-state index in [-0.39, 0.29) is 11.8 Å². The summed E-state index contributed by atoms with van der Waals surface area (Å²) in [5, 5.41) is 13.1. The van der Waals surface area contributed by atoms with Crippen molar-refractivity contribution in [2.45, 2.75) is 52.3 Å². The van der Waals surface area contributed by atoms with E-state index in [1.54, 1.807) is 15.7 Å². The molecule has 7 nitrogen and oxygen atoms in total. The number of rotatable bonds is 5. The second-order valence-corrected chi connectivity index (χ2v) is 9.38. The van der Waals surface area contributed by atoms with Crippen LogP contribution in [0.5, 0.6) is 0 Å². The van der Waals surface area contributed by atoms with E-state index in [0.29, 0.717) is 60.6 Å². The highest BCUT2D eigenvalue weighted by Crippen LogP contribution is 2.31. The van der Waals surface area contributed by atoms with Crippen molar-refractivity contribution in [3.8, 4) is 0 Å². The van der Waals surface area contributed by atoms with Gasteiger partial charge < -0.3 is 4.90 Å². The summed E-state index contributed by atoms with van der Waals surface area (Å²) in [6.07, 6.45) is 1.13. The van der Waals surface area contributed by atoms with Crippen LogP contribution in [0, 0.1) is 12.8 Å². The van der Waals surface area contributed by atoms with Crippen LogP contribution in [0.15, 0.2) is 24.4 Å². The summed E-state index contributed by atoms with van der Waals surface area (Å²) < 4.78 is 42.6. The lowest BCUT2D eigenvalue weighted by Gasteiger charge is -2.31. The Balaban J connectivity index is 1.51. The van der Waals surface area contributed by atoms with Crippen molar-refractivity contribution in [2.24, 2.45) is 5.92 Å². The summed E-state index contributed by atoms with van der Waals surface area (Å²) in [7, 11) is 0. The summed E-state index contributed by atoms with van der Waals surface area (Å²) in [6.45, 7) is 7.57. The number of alkyl halides is 3. The number of aromatic nitrogens is 5. The third-order valence-electron chi connectivity index (χ3n) is 5.89. The summed E-state index contributed by atoms with van der Waals surface area (Å²) >= 11 is 6.46. The van der Waals surface area contributed by atoms with Gasteiger partial charge in [0.1, 0.15) is 11.0 Å². The normalized spacial score (nSPS) is 17.4. The first-order chi connectivity index (χ1) is 16.0. The number of likely N-dealkylation sites (tertiary alicyclic amines) is 1. The van der Waals surface area contributed by atoms with E-state index in [0.717, 1.165) is 18.0 Å². The minimum Gasteiger partial charge on any atom is -0.338 e. The highest BCUT2D eigenvalue weighted by atomic mass is 35.5. The SMILES string of the molecule is Cc1nn(CC(C)C)c(Cl)c1/C=C/C(=O)N1CCCC(c2nnc3ccc(C(F)(F)F)cn23)C1. The monoisotopic (exact) mass is 494 g/mol. The van der Waals surface area contributed by atoms with Gasteiger partial charge in [0, 0.05) is 43.4 Å². The highest BCUT2D eigenvalue weighted by Gasteiger charge is 2.32. The van der Waals surface area contributed by atoms with Crippen LogP contribution in [0.1, 0.15) is 55.3 Å². The van der Waals surface area contributed by atoms with E-state index in [9.17, 15) is 18.0 Å². The number of hydrogen-bond acceptors (Lipinski definition) is 4. The predicted molar refractivity (Wildman–Crippen MR) is 122 cm³/mol. The number of carbonyl (C=O) groups is 1. The van der Waals surface area contributed by atoms with Crippen molar-refractivity contribution in [3.63, 3.8) is 0 Å². The van der Waals surface area contributed by atoms with Gasteiger partial charge in [-0.1, -0.05) is 25.4 Å².